The number of carbonyl (C=O) groups is 1. The van der Waals surface area contributed by atoms with Crippen LogP contribution in [0.2, 0.25) is 0 Å². The maximum atomic E-state index is 12.4. The number of rotatable bonds is 4. The summed E-state index contributed by atoms with van der Waals surface area (Å²) in [6.07, 6.45) is 9.56. The number of imidazole rings is 1. The summed E-state index contributed by atoms with van der Waals surface area (Å²) in [6.45, 7) is 6.23. The second-order valence-corrected chi connectivity index (χ2v) is 6.19. The van der Waals surface area contributed by atoms with Crippen molar-refractivity contribution in [2.75, 3.05) is 13.1 Å². The number of carbonyl (C=O) groups excluding carboxylic acids is 1. The van der Waals surface area contributed by atoms with E-state index in [1.165, 1.54) is 0 Å². The molecule has 3 heterocycles. The first-order valence-electron chi connectivity index (χ1n) is 7.93. The summed E-state index contributed by atoms with van der Waals surface area (Å²) in [4.78, 5) is 18.9. The van der Waals surface area contributed by atoms with Crippen molar-refractivity contribution < 1.29 is 4.79 Å². The van der Waals surface area contributed by atoms with Gasteiger partial charge < -0.3 is 9.47 Å². The molecule has 2 aromatic heterocycles. The van der Waals surface area contributed by atoms with E-state index in [2.05, 4.69) is 28.5 Å². The van der Waals surface area contributed by atoms with Crippen molar-refractivity contribution in [2.45, 2.75) is 45.2 Å². The number of aromatic nitrogens is 4. The van der Waals surface area contributed by atoms with Crippen LogP contribution in [0.25, 0.3) is 0 Å². The number of nitrogens with zero attached hydrogens (tertiary/aromatic N) is 5. The predicted octanol–water partition coefficient (Wildman–Crippen LogP) is 2.07. The van der Waals surface area contributed by atoms with Crippen LogP contribution in [0.3, 0.4) is 0 Å². The van der Waals surface area contributed by atoms with Crippen LogP contribution in [0, 0.1) is 0 Å². The molecule has 1 amide bonds. The summed E-state index contributed by atoms with van der Waals surface area (Å²) in [5.74, 6) is 1.64. The van der Waals surface area contributed by atoms with Crippen LogP contribution >= 0.6 is 0 Å². The summed E-state index contributed by atoms with van der Waals surface area (Å²) in [6, 6.07) is 2.17. The fourth-order valence-corrected chi connectivity index (χ4v) is 3.12. The van der Waals surface area contributed by atoms with E-state index in [0.29, 0.717) is 18.5 Å². The smallest absolute Gasteiger partial charge is 0.244 e. The second-order valence-electron chi connectivity index (χ2n) is 6.19. The molecule has 1 saturated heterocycles. The SMILES string of the molecule is CC(C)c1nccn1[C@H]1CCCN(C(=O)Cn2cccn2)C1. The third kappa shape index (κ3) is 3.05. The first-order valence-corrected chi connectivity index (χ1v) is 7.93. The monoisotopic (exact) mass is 301 g/mol. The van der Waals surface area contributed by atoms with Crippen LogP contribution < -0.4 is 0 Å². The summed E-state index contributed by atoms with van der Waals surface area (Å²) >= 11 is 0. The van der Waals surface area contributed by atoms with Gasteiger partial charge >= 0.3 is 0 Å². The molecule has 22 heavy (non-hydrogen) atoms. The molecule has 0 saturated carbocycles. The zero-order valence-corrected chi connectivity index (χ0v) is 13.2. The van der Waals surface area contributed by atoms with Gasteiger partial charge in [0.1, 0.15) is 12.4 Å². The van der Waals surface area contributed by atoms with Gasteiger partial charge in [-0.1, -0.05) is 13.8 Å². The number of piperidine rings is 1. The summed E-state index contributed by atoms with van der Waals surface area (Å²) in [5.41, 5.74) is 0. The molecule has 1 aliphatic rings. The Morgan fingerprint density at radius 2 is 2.23 bits per heavy atom. The molecule has 0 radical (unpaired) electrons. The lowest BCUT2D eigenvalue weighted by molar-refractivity contribution is -0.133. The largest absolute Gasteiger partial charge is 0.339 e. The quantitative estimate of drug-likeness (QED) is 0.868. The van der Waals surface area contributed by atoms with Crippen molar-refractivity contribution in [3.8, 4) is 0 Å². The van der Waals surface area contributed by atoms with E-state index >= 15 is 0 Å². The second kappa shape index (κ2) is 6.34. The van der Waals surface area contributed by atoms with Gasteiger partial charge in [-0.15, -0.1) is 0 Å². The third-order valence-corrected chi connectivity index (χ3v) is 4.21. The highest BCUT2D eigenvalue weighted by atomic mass is 16.2. The molecule has 1 fully saturated rings. The van der Waals surface area contributed by atoms with Crippen LogP contribution in [-0.2, 0) is 11.3 Å². The summed E-state index contributed by atoms with van der Waals surface area (Å²) < 4.78 is 3.93. The minimum Gasteiger partial charge on any atom is -0.339 e. The maximum absolute atomic E-state index is 12.4. The highest BCUT2D eigenvalue weighted by molar-refractivity contribution is 5.76. The van der Waals surface area contributed by atoms with E-state index in [1.54, 1.807) is 10.9 Å². The van der Waals surface area contributed by atoms with Crippen molar-refractivity contribution >= 4 is 5.91 Å². The number of hydrogen-bond acceptors (Lipinski definition) is 3. The lowest BCUT2D eigenvalue weighted by atomic mass is 10.0. The van der Waals surface area contributed by atoms with Crippen LogP contribution in [0.5, 0.6) is 0 Å². The summed E-state index contributed by atoms with van der Waals surface area (Å²) in [5, 5.41) is 4.11. The van der Waals surface area contributed by atoms with Crippen LogP contribution in [0.15, 0.2) is 30.9 Å². The fourth-order valence-electron chi connectivity index (χ4n) is 3.12. The Morgan fingerprint density at radius 3 is 2.95 bits per heavy atom. The maximum Gasteiger partial charge on any atom is 0.244 e. The average molecular weight is 301 g/mol. The van der Waals surface area contributed by atoms with Crippen LogP contribution in [-0.4, -0.2) is 43.2 Å². The first kappa shape index (κ1) is 14.8. The lowest BCUT2D eigenvalue weighted by Gasteiger charge is -2.34. The van der Waals surface area contributed by atoms with Crippen molar-refractivity contribution in [2.24, 2.45) is 0 Å². The highest BCUT2D eigenvalue weighted by Crippen LogP contribution is 2.25. The summed E-state index contributed by atoms with van der Waals surface area (Å²) in [7, 11) is 0. The lowest BCUT2D eigenvalue weighted by Crippen LogP contribution is -2.42. The van der Waals surface area contributed by atoms with E-state index in [0.717, 1.165) is 31.8 Å². The molecular weight excluding hydrogens is 278 g/mol. The van der Waals surface area contributed by atoms with Gasteiger partial charge in [-0.05, 0) is 18.9 Å². The van der Waals surface area contributed by atoms with Gasteiger partial charge in [-0.25, -0.2) is 4.98 Å². The Hall–Kier alpha value is -2.11. The molecule has 6 nitrogen and oxygen atoms in total. The Bertz CT molecular complexity index is 616. The van der Waals surface area contributed by atoms with Gasteiger partial charge in [0.15, 0.2) is 0 Å². The predicted molar refractivity (Wildman–Crippen MR) is 83.4 cm³/mol. The van der Waals surface area contributed by atoms with Crippen molar-refractivity contribution in [3.05, 3.63) is 36.7 Å². The van der Waals surface area contributed by atoms with Gasteiger partial charge in [-0.3, -0.25) is 9.48 Å². The van der Waals surface area contributed by atoms with Crippen molar-refractivity contribution in [3.63, 3.8) is 0 Å². The van der Waals surface area contributed by atoms with Gasteiger partial charge in [0.25, 0.3) is 0 Å². The molecule has 118 valence electrons. The molecule has 0 aliphatic carbocycles. The van der Waals surface area contributed by atoms with Gasteiger partial charge in [-0.2, -0.15) is 5.10 Å². The van der Waals surface area contributed by atoms with Crippen molar-refractivity contribution in [1.29, 1.82) is 0 Å². The van der Waals surface area contributed by atoms with E-state index in [-0.39, 0.29) is 5.91 Å². The Balaban J connectivity index is 1.68. The Morgan fingerprint density at radius 1 is 1.36 bits per heavy atom. The van der Waals surface area contributed by atoms with E-state index in [1.807, 2.05) is 29.6 Å². The number of hydrogen-bond donors (Lipinski definition) is 0. The topological polar surface area (TPSA) is 56.0 Å². The Labute approximate surface area is 130 Å². The van der Waals surface area contributed by atoms with Crippen molar-refractivity contribution in [1.82, 2.24) is 24.2 Å². The molecule has 1 aliphatic heterocycles. The molecule has 0 aromatic carbocycles. The number of likely N-dealkylation sites (tertiary alicyclic amines) is 1. The minimum atomic E-state index is 0.139. The molecule has 3 rings (SSSR count). The van der Waals surface area contributed by atoms with Crippen LogP contribution in [0.4, 0.5) is 0 Å². The molecule has 2 aromatic rings. The van der Waals surface area contributed by atoms with Gasteiger partial charge in [0, 0.05) is 43.8 Å². The molecular formula is C16H23N5O. The van der Waals surface area contributed by atoms with E-state index in [4.69, 9.17) is 0 Å². The van der Waals surface area contributed by atoms with Gasteiger partial charge in [0.05, 0.1) is 6.04 Å². The normalized spacial score (nSPS) is 18.9. The third-order valence-electron chi connectivity index (χ3n) is 4.21. The highest BCUT2D eigenvalue weighted by Gasteiger charge is 2.26. The zero-order valence-electron chi connectivity index (χ0n) is 13.2. The van der Waals surface area contributed by atoms with E-state index in [9.17, 15) is 4.79 Å². The van der Waals surface area contributed by atoms with E-state index < -0.39 is 0 Å². The van der Waals surface area contributed by atoms with Gasteiger partial charge in [0.2, 0.25) is 5.91 Å². The standard InChI is InChI=1S/C16H23N5O/c1-13(2)16-17-7-10-21(16)14-5-3-8-19(11-14)15(22)12-20-9-4-6-18-20/h4,6-7,9-10,13-14H,3,5,8,11-12H2,1-2H3/t14-/m0/s1. The molecule has 1 atom stereocenters. The first-order chi connectivity index (χ1) is 10.6. The Kier molecular flexibility index (Phi) is 4.27. The fraction of sp³-hybridized carbons (Fsp3) is 0.562. The number of amides is 1. The molecule has 0 spiro atoms. The molecule has 0 bridgehead atoms. The zero-order chi connectivity index (χ0) is 15.5. The molecule has 0 unspecified atom stereocenters. The minimum absolute atomic E-state index is 0.139. The molecule has 0 N–H and O–H groups in total. The average Bonchev–Trinajstić information content (AvgIpc) is 3.18. The van der Waals surface area contributed by atoms with Crippen LogP contribution in [0.1, 0.15) is 44.5 Å². The molecule has 6 heteroatoms.